The molecular weight excluding hydrogens is 374 g/mol. The van der Waals surface area contributed by atoms with Gasteiger partial charge in [-0.15, -0.1) is 0 Å². The van der Waals surface area contributed by atoms with E-state index < -0.39 is 5.91 Å². The van der Waals surface area contributed by atoms with Gasteiger partial charge in [-0.3, -0.25) is 9.59 Å². The van der Waals surface area contributed by atoms with E-state index in [4.69, 9.17) is 4.42 Å². The van der Waals surface area contributed by atoms with Gasteiger partial charge in [0.25, 0.3) is 5.91 Å². The number of para-hydroxylation sites is 1. The fourth-order valence-electron chi connectivity index (χ4n) is 3.18. The van der Waals surface area contributed by atoms with Crippen LogP contribution in [0.4, 0.5) is 5.69 Å². The second-order valence-corrected chi connectivity index (χ2v) is 7.52. The lowest BCUT2D eigenvalue weighted by Crippen LogP contribution is -2.14. The Bertz CT molecular complexity index is 1240. The maximum absolute atomic E-state index is 12.5. The van der Waals surface area contributed by atoms with Gasteiger partial charge in [-0.05, 0) is 24.3 Å². The highest BCUT2D eigenvalue weighted by Crippen LogP contribution is 2.29. The van der Waals surface area contributed by atoms with Gasteiger partial charge in [-0.2, -0.15) is 0 Å². The van der Waals surface area contributed by atoms with Crippen LogP contribution in [0, 0.1) is 0 Å². The summed E-state index contributed by atoms with van der Waals surface area (Å²) in [7, 11) is 0. The molecule has 0 atom stereocenters. The summed E-state index contributed by atoms with van der Waals surface area (Å²) in [6, 6.07) is 15.5. The molecule has 0 fully saturated rings. The first-order valence-electron chi connectivity index (χ1n) is 8.82. The van der Waals surface area contributed by atoms with Gasteiger partial charge in [0.15, 0.2) is 16.3 Å². The highest BCUT2D eigenvalue weighted by Gasteiger charge is 2.16. The first-order valence-corrected chi connectivity index (χ1v) is 9.80. The highest BCUT2D eigenvalue weighted by atomic mass is 32.2. The van der Waals surface area contributed by atoms with E-state index in [9.17, 15) is 9.59 Å². The van der Waals surface area contributed by atoms with E-state index in [1.54, 1.807) is 36.0 Å². The van der Waals surface area contributed by atoms with Crippen LogP contribution in [-0.2, 0) is 6.54 Å². The van der Waals surface area contributed by atoms with E-state index in [1.807, 2.05) is 30.5 Å². The summed E-state index contributed by atoms with van der Waals surface area (Å²) in [4.78, 5) is 29.3. The van der Waals surface area contributed by atoms with Crippen LogP contribution in [-0.4, -0.2) is 21.2 Å². The first-order chi connectivity index (χ1) is 13.7. The average Bonchev–Trinajstić information content (AvgIpc) is 3.31. The molecule has 3 heterocycles. The molecule has 0 saturated carbocycles. The quantitative estimate of drug-likeness (QED) is 0.573. The number of aryl methyl sites for hydroxylation is 1. The number of benzene rings is 2. The number of hydrogen-bond acceptors (Lipinski definition) is 5. The lowest BCUT2D eigenvalue weighted by molar-refractivity contribution is 0.0997. The molecule has 1 aliphatic rings. The number of carbonyl (C=O) groups is 1. The van der Waals surface area contributed by atoms with Crippen LogP contribution in [0.3, 0.4) is 0 Å². The Morgan fingerprint density at radius 2 is 1.96 bits per heavy atom. The standard InChI is InChI=1S/C21H15N3O3S/c25-17-11-19(27-18-4-2-1-3-15(17)18)20(26)22-14-7-5-13(6-8-14)16-12-24-9-10-28-21(24)23-16/h1-8,11-12H,9-10H2,(H,22,26). The van der Waals surface area contributed by atoms with E-state index in [0.29, 0.717) is 16.7 Å². The number of aromatic nitrogens is 2. The van der Waals surface area contributed by atoms with Crippen LogP contribution >= 0.6 is 11.8 Å². The summed E-state index contributed by atoms with van der Waals surface area (Å²) in [5, 5.41) is 4.26. The third-order valence-electron chi connectivity index (χ3n) is 4.60. The van der Waals surface area contributed by atoms with Gasteiger partial charge in [0.05, 0.1) is 11.1 Å². The molecule has 7 heteroatoms. The van der Waals surface area contributed by atoms with Gasteiger partial charge in [0.1, 0.15) is 5.58 Å². The predicted molar refractivity (Wildman–Crippen MR) is 109 cm³/mol. The molecule has 0 spiro atoms. The van der Waals surface area contributed by atoms with E-state index in [0.717, 1.165) is 28.7 Å². The van der Waals surface area contributed by atoms with Crippen molar-refractivity contribution in [2.24, 2.45) is 0 Å². The summed E-state index contributed by atoms with van der Waals surface area (Å²) < 4.78 is 7.73. The maximum atomic E-state index is 12.5. The molecule has 2 aromatic heterocycles. The molecule has 0 saturated heterocycles. The lowest BCUT2D eigenvalue weighted by atomic mass is 10.1. The largest absolute Gasteiger partial charge is 0.451 e. The van der Waals surface area contributed by atoms with Crippen molar-refractivity contribution in [2.75, 3.05) is 11.1 Å². The van der Waals surface area contributed by atoms with E-state index >= 15 is 0 Å². The number of thioether (sulfide) groups is 1. The van der Waals surface area contributed by atoms with Crippen LogP contribution in [0.25, 0.3) is 22.2 Å². The van der Waals surface area contributed by atoms with Crippen molar-refractivity contribution in [1.82, 2.24) is 9.55 Å². The van der Waals surface area contributed by atoms with E-state index in [2.05, 4.69) is 14.9 Å². The minimum absolute atomic E-state index is 0.0182. The van der Waals surface area contributed by atoms with Crippen molar-refractivity contribution in [3.05, 3.63) is 76.8 Å². The molecule has 6 nitrogen and oxygen atoms in total. The zero-order valence-electron chi connectivity index (χ0n) is 14.7. The number of anilines is 1. The zero-order chi connectivity index (χ0) is 19.1. The molecule has 1 aliphatic heterocycles. The number of hydrogen-bond donors (Lipinski definition) is 1. The Morgan fingerprint density at radius 3 is 2.79 bits per heavy atom. The van der Waals surface area contributed by atoms with Gasteiger partial charge >= 0.3 is 0 Å². The molecular formula is C21H15N3O3S. The summed E-state index contributed by atoms with van der Waals surface area (Å²) in [5.74, 6) is 0.585. The molecule has 4 aromatic rings. The van der Waals surface area contributed by atoms with Gasteiger partial charge in [-0.25, -0.2) is 4.98 Å². The van der Waals surface area contributed by atoms with E-state index in [1.165, 1.54) is 6.07 Å². The van der Waals surface area contributed by atoms with Crippen LogP contribution in [0.15, 0.2) is 75.2 Å². The van der Waals surface area contributed by atoms with Crippen molar-refractivity contribution < 1.29 is 9.21 Å². The summed E-state index contributed by atoms with van der Waals surface area (Å²) in [5.41, 5.74) is 2.67. The zero-order valence-corrected chi connectivity index (χ0v) is 15.5. The molecule has 0 radical (unpaired) electrons. The molecule has 28 heavy (non-hydrogen) atoms. The molecule has 5 rings (SSSR count). The van der Waals surface area contributed by atoms with Crippen LogP contribution < -0.4 is 10.7 Å². The third kappa shape index (κ3) is 2.99. The number of nitrogens with one attached hydrogen (secondary N) is 1. The van der Waals surface area contributed by atoms with Crippen LogP contribution in [0.1, 0.15) is 10.6 Å². The van der Waals surface area contributed by atoms with Crippen LogP contribution in [0.5, 0.6) is 0 Å². The Balaban J connectivity index is 1.37. The molecule has 0 bridgehead atoms. The number of nitrogens with zero attached hydrogens (tertiary/aromatic N) is 2. The first kappa shape index (κ1) is 16.8. The number of carbonyl (C=O) groups excluding carboxylic acids is 1. The molecule has 2 aromatic carbocycles. The van der Waals surface area contributed by atoms with Crippen molar-refractivity contribution >= 4 is 34.3 Å². The summed E-state index contributed by atoms with van der Waals surface area (Å²) in [6.07, 6.45) is 2.05. The number of imidazole rings is 1. The van der Waals surface area contributed by atoms with Crippen molar-refractivity contribution in [3.8, 4) is 11.3 Å². The second-order valence-electron chi connectivity index (χ2n) is 6.45. The molecule has 1 N–H and O–H groups in total. The Labute approximate surface area is 164 Å². The lowest BCUT2D eigenvalue weighted by Gasteiger charge is -2.06. The Hall–Kier alpha value is -3.32. The smallest absolute Gasteiger partial charge is 0.291 e. The van der Waals surface area contributed by atoms with Gasteiger partial charge < -0.3 is 14.3 Å². The number of rotatable bonds is 3. The normalized spacial score (nSPS) is 12.9. The SMILES string of the molecule is O=C(Nc1ccc(-c2cn3c(n2)SCC3)cc1)c1cc(=O)c2ccccc2o1. The molecule has 1 amide bonds. The Kier molecular flexibility index (Phi) is 4.02. The van der Waals surface area contributed by atoms with Crippen molar-refractivity contribution in [1.29, 1.82) is 0 Å². The molecule has 138 valence electrons. The molecule has 0 unspecified atom stereocenters. The van der Waals surface area contributed by atoms with Crippen molar-refractivity contribution in [3.63, 3.8) is 0 Å². The third-order valence-corrected chi connectivity index (χ3v) is 5.57. The second kappa shape index (κ2) is 6.69. The van der Waals surface area contributed by atoms with Crippen LogP contribution in [0.2, 0.25) is 0 Å². The van der Waals surface area contributed by atoms with E-state index in [-0.39, 0.29) is 11.2 Å². The number of fused-ring (bicyclic) bond motifs is 2. The minimum Gasteiger partial charge on any atom is -0.451 e. The minimum atomic E-state index is -0.465. The van der Waals surface area contributed by atoms with Gasteiger partial charge in [0, 0.05) is 35.8 Å². The maximum Gasteiger partial charge on any atom is 0.291 e. The van der Waals surface area contributed by atoms with Gasteiger partial charge in [-0.1, -0.05) is 36.0 Å². The summed E-state index contributed by atoms with van der Waals surface area (Å²) >= 11 is 1.75. The highest BCUT2D eigenvalue weighted by molar-refractivity contribution is 7.99. The summed E-state index contributed by atoms with van der Waals surface area (Å²) in [6.45, 7) is 0.984. The van der Waals surface area contributed by atoms with Crippen molar-refractivity contribution in [2.45, 2.75) is 11.7 Å². The number of amides is 1. The fourth-order valence-corrected chi connectivity index (χ4v) is 4.12. The average molecular weight is 389 g/mol. The predicted octanol–water partition coefficient (Wildman–Crippen LogP) is 4.01. The van der Waals surface area contributed by atoms with Gasteiger partial charge in [0.2, 0.25) is 0 Å². The topological polar surface area (TPSA) is 77.1 Å². The Morgan fingerprint density at radius 1 is 1.14 bits per heavy atom. The molecule has 0 aliphatic carbocycles. The fraction of sp³-hybridized carbons (Fsp3) is 0.0952. The monoisotopic (exact) mass is 389 g/mol.